The van der Waals surface area contributed by atoms with Gasteiger partial charge in [-0.25, -0.2) is 9.78 Å². The second-order valence-corrected chi connectivity index (χ2v) is 9.41. The van der Waals surface area contributed by atoms with Crippen LogP contribution in [0.1, 0.15) is 54.9 Å². The Balaban J connectivity index is 0.000000438. The minimum absolute atomic E-state index is 0.0487. The second-order valence-electron chi connectivity index (χ2n) is 9.41. The van der Waals surface area contributed by atoms with E-state index in [1.54, 1.807) is 0 Å². The van der Waals surface area contributed by atoms with E-state index < -0.39 is 5.76 Å². The zero-order chi connectivity index (χ0) is 27.6. The maximum absolute atomic E-state index is 12.7. The van der Waals surface area contributed by atoms with Crippen molar-refractivity contribution in [2.45, 2.75) is 52.9 Å². The summed E-state index contributed by atoms with van der Waals surface area (Å²) in [6.07, 6.45) is 4.11. The van der Waals surface area contributed by atoms with Crippen molar-refractivity contribution in [2.75, 3.05) is 0 Å². The van der Waals surface area contributed by atoms with Gasteiger partial charge in [0.2, 0.25) is 0 Å². The van der Waals surface area contributed by atoms with Crippen molar-refractivity contribution in [3.63, 3.8) is 0 Å². The Kier molecular flexibility index (Phi) is 9.40. The van der Waals surface area contributed by atoms with Crippen LogP contribution in [0.4, 0.5) is 0 Å². The summed E-state index contributed by atoms with van der Waals surface area (Å²) in [5.74, 6) is 0.545. The summed E-state index contributed by atoms with van der Waals surface area (Å²) in [4.78, 5) is 34.3. The molecule has 0 fully saturated rings. The molecular weight excluding hydrogens is 488 g/mol. The van der Waals surface area contributed by atoms with E-state index in [9.17, 15) is 9.59 Å². The Bertz CT molecular complexity index is 1600. The molecule has 0 aliphatic heterocycles. The molecule has 0 unspecified atom stereocenters. The number of H-pyrrole nitrogens is 2. The van der Waals surface area contributed by atoms with Crippen LogP contribution in [0.15, 0.2) is 93.0 Å². The third-order valence-electron chi connectivity index (χ3n) is 6.46. The lowest BCUT2D eigenvalue weighted by Gasteiger charge is -2.11. The monoisotopic (exact) mass is 522 g/mol. The van der Waals surface area contributed by atoms with Crippen LogP contribution in [-0.2, 0) is 19.3 Å². The van der Waals surface area contributed by atoms with Crippen LogP contribution in [0.3, 0.4) is 0 Å². The van der Waals surface area contributed by atoms with Crippen molar-refractivity contribution >= 4 is 0 Å². The molecule has 2 aromatic heterocycles. The quantitative estimate of drug-likeness (QED) is 0.250. The molecule has 200 valence electrons. The highest BCUT2D eigenvalue weighted by atomic mass is 16.5. The van der Waals surface area contributed by atoms with Gasteiger partial charge in [0.05, 0.1) is 5.69 Å². The number of nitrogens with zero attached hydrogens (tertiary/aromatic N) is 2. The molecule has 7 nitrogen and oxygen atoms in total. The van der Waals surface area contributed by atoms with Gasteiger partial charge in [-0.15, -0.1) is 0 Å². The van der Waals surface area contributed by atoms with E-state index in [0.29, 0.717) is 18.7 Å². The molecule has 5 aromatic rings. The molecule has 3 aromatic carbocycles. The van der Waals surface area contributed by atoms with Crippen LogP contribution in [0.25, 0.3) is 22.5 Å². The van der Waals surface area contributed by atoms with Gasteiger partial charge < -0.3 is 4.98 Å². The van der Waals surface area contributed by atoms with Gasteiger partial charge in [-0.1, -0.05) is 110 Å². The first-order valence-corrected chi connectivity index (χ1v) is 13.4. The number of hydrogen-bond donors (Lipinski definition) is 2. The molecule has 0 aliphatic rings. The first-order chi connectivity index (χ1) is 19.0. The number of rotatable bonds is 8. The number of aromatic nitrogens is 4. The zero-order valence-electron chi connectivity index (χ0n) is 22.7. The van der Waals surface area contributed by atoms with Gasteiger partial charge in [0, 0.05) is 24.0 Å². The standard InChI is InChI=1S/C25H26N4O3.C7H8/c1-3-5-10-21-20(24(30)27-22(4-2)26-21)15-16-11-13-17(14-12-16)18-8-6-7-9-19(18)23-28-25(31)32-29-23;1-7-5-3-2-4-6-7/h6-9,11-14H,3-5,10,15H2,1-2H3,(H,26,27,30)(H,28,29,31);2-6H,1H3. The van der Waals surface area contributed by atoms with Gasteiger partial charge in [-0.3, -0.25) is 14.3 Å². The number of benzene rings is 3. The predicted octanol–water partition coefficient (Wildman–Crippen LogP) is 6.27. The average molecular weight is 523 g/mol. The number of hydrogen-bond acceptors (Lipinski definition) is 5. The summed E-state index contributed by atoms with van der Waals surface area (Å²) >= 11 is 0. The normalized spacial score (nSPS) is 10.6. The van der Waals surface area contributed by atoms with Gasteiger partial charge in [-0.2, -0.15) is 0 Å². The van der Waals surface area contributed by atoms with Crippen LogP contribution >= 0.6 is 0 Å². The van der Waals surface area contributed by atoms with Gasteiger partial charge >= 0.3 is 5.76 Å². The fraction of sp³-hybridized carbons (Fsp3) is 0.250. The Morgan fingerprint density at radius 3 is 2.10 bits per heavy atom. The molecule has 2 heterocycles. The molecule has 7 heteroatoms. The average Bonchev–Trinajstić information content (AvgIpc) is 3.40. The van der Waals surface area contributed by atoms with Gasteiger partial charge in [-0.05, 0) is 36.5 Å². The van der Waals surface area contributed by atoms with Crippen LogP contribution < -0.4 is 11.3 Å². The smallest absolute Gasteiger partial charge is 0.310 e. The van der Waals surface area contributed by atoms with Gasteiger partial charge in [0.25, 0.3) is 5.56 Å². The molecule has 0 aliphatic carbocycles. The summed E-state index contributed by atoms with van der Waals surface area (Å²) in [7, 11) is 0. The van der Waals surface area contributed by atoms with E-state index in [1.165, 1.54) is 5.56 Å². The Morgan fingerprint density at radius 1 is 0.821 bits per heavy atom. The van der Waals surface area contributed by atoms with Crippen LogP contribution in [0, 0.1) is 6.92 Å². The van der Waals surface area contributed by atoms with E-state index in [2.05, 4.69) is 45.6 Å². The summed E-state index contributed by atoms with van der Waals surface area (Å²) in [6, 6.07) is 26.0. The lowest BCUT2D eigenvalue weighted by Crippen LogP contribution is -2.20. The van der Waals surface area contributed by atoms with E-state index in [-0.39, 0.29) is 5.56 Å². The topological polar surface area (TPSA) is 105 Å². The lowest BCUT2D eigenvalue weighted by molar-refractivity contribution is 0.388. The van der Waals surface area contributed by atoms with E-state index in [0.717, 1.165) is 58.6 Å². The van der Waals surface area contributed by atoms with Crippen molar-refractivity contribution in [1.82, 2.24) is 20.1 Å². The fourth-order valence-corrected chi connectivity index (χ4v) is 4.32. The van der Waals surface area contributed by atoms with Crippen molar-refractivity contribution in [2.24, 2.45) is 0 Å². The highest BCUT2D eigenvalue weighted by Crippen LogP contribution is 2.30. The first kappa shape index (κ1) is 27.5. The maximum Gasteiger partial charge on any atom is 0.439 e. The van der Waals surface area contributed by atoms with E-state index in [1.807, 2.05) is 73.7 Å². The van der Waals surface area contributed by atoms with Crippen molar-refractivity contribution in [3.05, 3.63) is 128 Å². The molecule has 0 atom stereocenters. The SMILES string of the molecule is CCCCc1nc(CC)[nH]c(=O)c1Cc1ccc(-c2ccccc2-c2noc(=O)[nH]2)cc1.Cc1ccccc1. The first-order valence-electron chi connectivity index (χ1n) is 13.4. The van der Waals surface area contributed by atoms with E-state index in [4.69, 9.17) is 4.98 Å². The predicted molar refractivity (Wildman–Crippen MR) is 155 cm³/mol. The van der Waals surface area contributed by atoms with E-state index >= 15 is 0 Å². The molecule has 39 heavy (non-hydrogen) atoms. The summed E-state index contributed by atoms with van der Waals surface area (Å²) < 4.78 is 4.66. The lowest BCUT2D eigenvalue weighted by atomic mass is 9.96. The van der Waals surface area contributed by atoms with Crippen molar-refractivity contribution in [1.29, 1.82) is 0 Å². The largest absolute Gasteiger partial charge is 0.439 e. The van der Waals surface area contributed by atoms with Crippen LogP contribution in [0.5, 0.6) is 0 Å². The minimum atomic E-state index is -0.586. The highest BCUT2D eigenvalue weighted by molar-refractivity contribution is 5.80. The molecule has 0 amide bonds. The molecule has 0 radical (unpaired) electrons. The maximum atomic E-state index is 12.7. The summed E-state index contributed by atoms with van der Waals surface area (Å²) in [6.45, 7) is 6.21. The van der Waals surface area contributed by atoms with Crippen LogP contribution in [-0.4, -0.2) is 20.1 Å². The summed E-state index contributed by atoms with van der Waals surface area (Å²) in [5, 5.41) is 3.82. The van der Waals surface area contributed by atoms with Crippen molar-refractivity contribution < 1.29 is 4.52 Å². The third kappa shape index (κ3) is 7.29. The summed E-state index contributed by atoms with van der Waals surface area (Å²) in [5.41, 5.74) is 6.64. The Hall–Kier alpha value is -4.52. The Labute approximate surface area is 228 Å². The van der Waals surface area contributed by atoms with Gasteiger partial charge in [0.15, 0.2) is 5.82 Å². The number of unbranched alkanes of at least 4 members (excludes halogenated alkanes) is 1. The van der Waals surface area contributed by atoms with Gasteiger partial charge in [0.1, 0.15) is 5.82 Å². The highest BCUT2D eigenvalue weighted by Gasteiger charge is 2.14. The molecule has 0 bridgehead atoms. The number of aromatic amines is 2. The Morgan fingerprint density at radius 2 is 1.51 bits per heavy atom. The molecular formula is C32H34N4O3. The van der Waals surface area contributed by atoms with Crippen LogP contribution in [0.2, 0.25) is 0 Å². The molecule has 0 saturated carbocycles. The zero-order valence-corrected chi connectivity index (χ0v) is 22.7. The minimum Gasteiger partial charge on any atom is -0.310 e. The van der Waals surface area contributed by atoms with Crippen molar-refractivity contribution in [3.8, 4) is 22.5 Å². The number of aryl methyl sites for hydroxylation is 3. The molecule has 0 spiro atoms. The molecule has 5 rings (SSSR count). The molecule has 0 saturated heterocycles. The fourth-order valence-electron chi connectivity index (χ4n) is 4.32. The second kappa shape index (κ2) is 13.3. The third-order valence-corrected chi connectivity index (χ3v) is 6.46. The number of nitrogens with one attached hydrogen (secondary N) is 2. The molecule has 2 N–H and O–H groups in total.